The Balaban J connectivity index is 1.53. The van der Waals surface area contributed by atoms with E-state index in [1.165, 1.54) is 20.6 Å². The number of nitrogens with zero attached hydrogens (tertiary/aromatic N) is 2. The molecule has 1 N–H and O–H groups in total. The quantitative estimate of drug-likeness (QED) is 0.220. The molecule has 1 aliphatic heterocycles. The Labute approximate surface area is 200 Å². The molecule has 4 heterocycles. The van der Waals surface area contributed by atoms with E-state index in [2.05, 4.69) is 28.6 Å². The van der Waals surface area contributed by atoms with Crippen LogP contribution in [-0.2, 0) is 0 Å². The van der Waals surface area contributed by atoms with E-state index >= 15 is 0 Å². The number of thioether (sulfide) groups is 1. The molecule has 0 fully saturated rings. The number of allylic oxidation sites excluding steroid dienone is 1. The van der Waals surface area contributed by atoms with Crippen molar-refractivity contribution < 1.29 is 4.92 Å². The minimum atomic E-state index is -0.385. The maximum atomic E-state index is 11.1. The normalized spacial score (nSPS) is 14.6. The van der Waals surface area contributed by atoms with Gasteiger partial charge in [0.25, 0.3) is 5.69 Å². The maximum absolute atomic E-state index is 11.1. The molecular formula is C23H15N3O2S4. The summed E-state index contributed by atoms with van der Waals surface area (Å²) in [4.78, 5) is 19.1. The van der Waals surface area contributed by atoms with E-state index in [1.807, 2.05) is 35.7 Å². The van der Waals surface area contributed by atoms with Gasteiger partial charge in [0.05, 0.1) is 24.1 Å². The van der Waals surface area contributed by atoms with Gasteiger partial charge in [0, 0.05) is 23.4 Å². The number of benzene rings is 1. The van der Waals surface area contributed by atoms with Gasteiger partial charge in [-0.25, -0.2) is 4.99 Å². The molecule has 9 heteroatoms. The molecule has 0 aliphatic carbocycles. The van der Waals surface area contributed by atoms with Crippen LogP contribution in [0.1, 0.15) is 11.3 Å². The van der Waals surface area contributed by atoms with Crippen molar-refractivity contribution in [3.05, 3.63) is 111 Å². The smallest absolute Gasteiger partial charge is 0.269 e. The van der Waals surface area contributed by atoms with Crippen LogP contribution >= 0.6 is 46.2 Å². The predicted octanol–water partition coefficient (Wildman–Crippen LogP) is 7.72. The van der Waals surface area contributed by atoms with Gasteiger partial charge in [-0.2, -0.15) is 0 Å². The molecule has 1 aromatic carbocycles. The zero-order valence-electron chi connectivity index (χ0n) is 16.4. The number of rotatable bonds is 6. The minimum absolute atomic E-state index is 0.0675. The molecule has 32 heavy (non-hydrogen) atoms. The molecule has 0 atom stereocenters. The fourth-order valence-electron chi connectivity index (χ4n) is 3.17. The summed E-state index contributed by atoms with van der Waals surface area (Å²) >= 11 is 6.68. The maximum Gasteiger partial charge on any atom is 0.269 e. The molecule has 1 aliphatic rings. The lowest BCUT2D eigenvalue weighted by atomic mass is 10.0. The largest absolute Gasteiger partial charge is 0.349 e. The van der Waals surface area contributed by atoms with Gasteiger partial charge in [-0.3, -0.25) is 10.1 Å². The van der Waals surface area contributed by atoms with Crippen molar-refractivity contribution >= 4 is 62.5 Å². The highest BCUT2D eigenvalue weighted by Crippen LogP contribution is 2.37. The molecule has 4 aromatic rings. The van der Waals surface area contributed by atoms with Crippen LogP contribution in [0.2, 0.25) is 0 Å². The van der Waals surface area contributed by atoms with Gasteiger partial charge in [-0.05, 0) is 64.9 Å². The van der Waals surface area contributed by atoms with E-state index in [1.54, 1.807) is 58.3 Å². The van der Waals surface area contributed by atoms with Crippen LogP contribution in [0.25, 0.3) is 5.57 Å². The van der Waals surface area contributed by atoms with Crippen LogP contribution in [0.5, 0.6) is 0 Å². The lowest BCUT2D eigenvalue weighted by Gasteiger charge is -2.08. The number of non-ortho nitro benzene ring substituents is 1. The third-order valence-electron chi connectivity index (χ3n) is 4.57. The van der Waals surface area contributed by atoms with Crippen molar-refractivity contribution in [3.63, 3.8) is 0 Å². The van der Waals surface area contributed by atoms with Crippen molar-refractivity contribution in [2.75, 3.05) is 0 Å². The first-order chi connectivity index (χ1) is 15.7. The SMILES string of the molecule is O=[N+]([O-])c1ccc(/C(=C2\C=CC(Sc3cccs3)=N2)c2ccc(Sc3cccs3)[nH]2)cc1. The molecule has 0 saturated carbocycles. The van der Waals surface area contributed by atoms with E-state index in [0.717, 1.165) is 32.6 Å². The van der Waals surface area contributed by atoms with Crippen LogP contribution in [0, 0.1) is 10.1 Å². The van der Waals surface area contributed by atoms with Crippen LogP contribution in [0.4, 0.5) is 5.69 Å². The molecule has 0 bridgehead atoms. The van der Waals surface area contributed by atoms with E-state index in [9.17, 15) is 10.1 Å². The summed E-state index contributed by atoms with van der Waals surface area (Å²) in [5.41, 5.74) is 3.60. The molecule has 0 saturated heterocycles. The second-order valence-corrected chi connectivity index (χ2v) is 11.2. The van der Waals surface area contributed by atoms with Crippen molar-refractivity contribution in [1.29, 1.82) is 0 Å². The van der Waals surface area contributed by atoms with Gasteiger partial charge in [0.15, 0.2) is 0 Å². The second-order valence-electron chi connectivity index (χ2n) is 6.65. The number of aliphatic imine (C=N–C) groups is 1. The topological polar surface area (TPSA) is 71.3 Å². The van der Waals surface area contributed by atoms with Gasteiger partial charge < -0.3 is 4.98 Å². The number of H-pyrrole nitrogens is 1. The highest BCUT2D eigenvalue weighted by atomic mass is 32.2. The van der Waals surface area contributed by atoms with Crippen molar-refractivity contribution in [2.45, 2.75) is 13.4 Å². The molecule has 158 valence electrons. The van der Waals surface area contributed by atoms with Crippen LogP contribution < -0.4 is 0 Å². The fourth-order valence-corrected chi connectivity index (χ4v) is 6.60. The van der Waals surface area contributed by atoms with Crippen molar-refractivity contribution in [2.24, 2.45) is 4.99 Å². The van der Waals surface area contributed by atoms with Gasteiger partial charge in [0.1, 0.15) is 5.04 Å². The van der Waals surface area contributed by atoms with Gasteiger partial charge in [-0.15, -0.1) is 22.7 Å². The third-order valence-corrected chi connectivity index (χ3v) is 8.54. The Morgan fingerprint density at radius 1 is 0.906 bits per heavy atom. The summed E-state index contributed by atoms with van der Waals surface area (Å²) in [6.45, 7) is 0. The first kappa shape index (κ1) is 21.0. The average molecular weight is 494 g/mol. The van der Waals surface area contributed by atoms with Gasteiger partial charge in [0.2, 0.25) is 0 Å². The third kappa shape index (κ3) is 4.66. The number of aromatic amines is 1. The number of nitro groups is 1. The lowest BCUT2D eigenvalue weighted by molar-refractivity contribution is -0.384. The first-order valence-electron chi connectivity index (χ1n) is 9.54. The second kappa shape index (κ2) is 9.33. The zero-order valence-corrected chi connectivity index (χ0v) is 19.7. The molecular weight excluding hydrogens is 479 g/mol. The molecule has 3 aromatic heterocycles. The number of hydrogen-bond acceptors (Lipinski definition) is 7. The summed E-state index contributed by atoms with van der Waals surface area (Å²) in [6, 6.07) is 18.9. The Morgan fingerprint density at radius 3 is 2.28 bits per heavy atom. The molecule has 5 rings (SSSR count). The van der Waals surface area contributed by atoms with E-state index in [4.69, 9.17) is 4.99 Å². The Bertz CT molecular complexity index is 1330. The molecule has 5 nitrogen and oxygen atoms in total. The predicted molar refractivity (Wildman–Crippen MR) is 135 cm³/mol. The van der Waals surface area contributed by atoms with E-state index in [-0.39, 0.29) is 10.6 Å². The Kier molecular flexibility index (Phi) is 6.13. The number of nitro benzene ring substituents is 1. The standard InChI is InChI=1S/C23H15N3O2S4/c27-26(28)16-7-5-15(6-8-16)23(17-9-11-19(24-17)31-21-3-1-13-29-21)18-10-12-20(25-18)32-22-4-2-14-30-22/h1-14,24H/b23-18-. The van der Waals surface area contributed by atoms with Crippen LogP contribution in [0.15, 0.2) is 108 Å². The first-order valence-corrected chi connectivity index (χ1v) is 12.9. The van der Waals surface area contributed by atoms with Gasteiger partial charge in [-0.1, -0.05) is 35.7 Å². The number of thiophene rings is 2. The summed E-state index contributed by atoms with van der Waals surface area (Å²) in [6.07, 6.45) is 4.01. The summed E-state index contributed by atoms with van der Waals surface area (Å²) in [5.74, 6) is 0. The summed E-state index contributed by atoms with van der Waals surface area (Å²) in [5, 5.41) is 17.2. The highest BCUT2D eigenvalue weighted by Gasteiger charge is 2.18. The fraction of sp³-hybridized carbons (Fsp3) is 0. The number of aromatic nitrogens is 1. The zero-order chi connectivity index (χ0) is 21.9. The van der Waals surface area contributed by atoms with Gasteiger partial charge >= 0.3 is 0 Å². The monoisotopic (exact) mass is 493 g/mol. The number of hydrogen-bond donors (Lipinski definition) is 1. The lowest BCUT2D eigenvalue weighted by Crippen LogP contribution is -1.94. The Hall–Kier alpha value is -2.85. The highest BCUT2D eigenvalue weighted by molar-refractivity contribution is 8.15. The minimum Gasteiger partial charge on any atom is -0.349 e. The van der Waals surface area contributed by atoms with Crippen molar-refractivity contribution in [1.82, 2.24) is 4.98 Å². The van der Waals surface area contributed by atoms with Crippen LogP contribution in [0.3, 0.4) is 0 Å². The van der Waals surface area contributed by atoms with E-state index < -0.39 is 0 Å². The molecule has 0 unspecified atom stereocenters. The van der Waals surface area contributed by atoms with Crippen LogP contribution in [-0.4, -0.2) is 15.0 Å². The summed E-state index contributed by atoms with van der Waals surface area (Å²) < 4.78 is 2.39. The molecule has 0 radical (unpaired) electrons. The van der Waals surface area contributed by atoms with Crippen molar-refractivity contribution in [3.8, 4) is 0 Å². The molecule has 0 amide bonds. The summed E-state index contributed by atoms with van der Waals surface area (Å²) in [7, 11) is 0. The number of nitrogens with one attached hydrogen (secondary N) is 1. The van der Waals surface area contributed by atoms with E-state index in [0.29, 0.717) is 0 Å². The average Bonchev–Trinajstić information content (AvgIpc) is 3.59. The molecule has 0 spiro atoms. The Morgan fingerprint density at radius 2 is 1.62 bits per heavy atom.